The average Bonchev–Trinajstić information content (AvgIpc) is 2.76. The highest BCUT2D eigenvalue weighted by molar-refractivity contribution is 7.91. The van der Waals surface area contributed by atoms with Gasteiger partial charge in [-0.2, -0.15) is 4.31 Å². The first-order valence-corrected chi connectivity index (χ1v) is 8.25. The van der Waals surface area contributed by atoms with Crippen LogP contribution in [0.5, 0.6) is 0 Å². The minimum Gasteiger partial charge on any atom is -0.465 e. The number of aromatic nitrogens is 1. The zero-order valence-corrected chi connectivity index (χ0v) is 12.9. The fourth-order valence-corrected chi connectivity index (χ4v) is 4.21. The molecule has 0 amide bonds. The van der Waals surface area contributed by atoms with Crippen LogP contribution in [0, 0.1) is 6.92 Å². The van der Waals surface area contributed by atoms with Crippen molar-refractivity contribution in [2.45, 2.75) is 31.4 Å². The van der Waals surface area contributed by atoms with Crippen LogP contribution >= 0.6 is 11.3 Å². The van der Waals surface area contributed by atoms with Crippen LogP contribution in [0.4, 0.5) is 0 Å². The molecule has 6 nitrogen and oxygen atoms in total. The van der Waals surface area contributed by atoms with Gasteiger partial charge in [-0.1, -0.05) is 6.92 Å². The van der Waals surface area contributed by atoms with Crippen LogP contribution < -0.4 is 0 Å². The lowest BCUT2D eigenvalue weighted by molar-refractivity contribution is -0.143. The fraction of sp³-hybridized carbons (Fsp3) is 0.636. The summed E-state index contributed by atoms with van der Waals surface area (Å²) in [6, 6.07) is 0. The van der Waals surface area contributed by atoms with Crippen LogP contribution in [0.2, 0.25) is 0 Å². The molecule has 0 aliphatic rings. The van der Waals surface area contributed by atoms with Crippen molar-refractivity contribution in [2.24, 2.45) is 0 Å². The Hall–Kier alpha value is -0.990. The Labute approximate surface area is 117 Å². The second-order valence-corrected chi connectivity index (χ2v) is 7.24. The Morgan fingerprint density at radius 3 is 2.63 bits per heavy atom. The number of hydrogen-bond acceptors (Lipinski definition) is 6. The zero-order valence-electron chi connectivity index (χ0n) is 11.2. The highest BCUT2D eigenvalue weighted by Crippen LogP contribution is 2.22. The van der Waals surface area contributed by atoms with Crippen molar-refractivity contribution >= 4 is 27.3 Å². The van der Waals surface area contributed by atoms with Crippen LogP contribution in [0.1, 0.15) is 25.3 Å². The van der Waals surface area contributed by atoms with Gasteiger partial charge in [-0.15, -0.1) is 11.3 Å². The molecule has 0 N–H and O–H groups in total. The SMILES string of the molecule is CCCN(CC(=O)OCC)S(=O)(=O)c1cnc(C)s1. The van der Waals surface area contributed by atoms with Gasteiger partial charge in [-0.05, 0) is 20.3 Å². The summed E-state index contributed by atoms with van der Waals surface area (Å²) in [7, 11) is -3.67. The summed E-state index contributed by atoms with van der Waals surface area (Å²) in [6.45, 7) is 5.52. The number of carbonyl (C=O) groups excluding carboxylic acids is 1. The van der Waals surface area contributed by atoms with Crippen LogP contribution in [0.15, 0.2) is 10.4 Å². The van der Waals surface area contributed by atoms with E-state index in [0.717, 1.165) is 15.6 Å². The van der Waals surface area contributed by atoms with Gasteiger partial charge in [0.05, 0.1) is 17.8 Å². The second-order valence-electron chi connectivity index (χ2n) is 3.84. The number of hydrogen-bond donors (Lipinski definition) is 0. The van der Waals surface area contributed by atoms with Crippen LogP contribution in [-0.4, -0.2) is 43.4 Å². The Bertz CT molecular complexity index is 525. The van der Waals surface area contributed by atoms with Crippen LogP contribution in [0.3, 0.4) is 0 Å². The topological polar surface area (TPSA) is 76.6 Å². The van der Waals surface area contributed by atoms with Gasteiger partial charge in [0, 0.05) is 6.54 Å². The number of sulfonamides is 1. The van der Waals surface area contributed by atoms with Gasteiger partial charge in [0.2, 0.25) is 0 Å². The third kappa shape index (κ3) is 4.26. The Kier molecular flexibility index (Phi) is 5.89. The van der Waals surface area contributed by atoms with E-state index in [0.29, 0.717) is 11.4 Å². The summed E-state index contributed by atoms with van der Waals surface area (Å²) >= 11 is 1.10. The molecule has 0 bridgehead atoms. The predicted octanol–water partition coefficient (Wildman–Crippen LogP) is 1.42. The highest BCUT2D eigenvalue weighted by atomic mass is 32.2. The molecule has 0 spiro atoms. The van der Waals surface area contributed by atoms with E-state index in [9.17, 15) is 13.2 Å². The molecule has 0 unspecified atom stereocenters. The smallest absolute Gasteiger partial charge is 0.321 e. The molecule has 1 aromatic rings. The van der Waals surface area contributed by atoms with E-state index in [1.54, 1.807) is 13.8 Å². The molecule has 1 heterocycles. The predicted molar refractivity (Wildman–Crippen MR) is 72.5 cm³/mol. The van der Waals surface area contributed by atoms with E-state index in [1.165, 1.54) is 6.20 Å². The largest absolute Gasteiger partial charge is 0.465 e. The van der Waals surface area contributed by atoms with Gasteiger partial charge in [-0.3, -0.25) is 4.79 Å². The van der Waals surface area contributed by atoms with Crippen molar-refractivity contribution in [1.29, 1.82) is 0 Å². The standard InChI is InChI=1S/C11H18N2O4S2/c1-4-6-13(8-10(14)17-5-2)19(15,16)11-7-12-9(3)18-11/h7H,4-6,8H2,1-3H3. The maximum absolute atomic E-state index is 12.4. The van der Waals surface area contributed by atoms with E-state index < -0.39 is 16.0 Å². The van der Waals surface area contributed by atoms with E-state index in [-0.39, 0.29) is 23.9 Å². The Morgan fingerprint density at radius 1 is 1.47 bits per heavy atom. The van der Waals surface area contributed by atoms with Crippen LogP contribution in [-0.2, 0) is 19.6 Å². The van der Waals surface area contributed by atoms with Crippen molar-refractivity contribution in [3.63, 3.8) is 0 Å². The monoisotopic (exact) mass is 306 g/mol. The Morgan fingerprint density at radius 2 is 2.16 bits per heavy atom. The molecule has 0 saturated heterocycles. The molecule has 0 radical (unpaired) electrons. The summed E-state index contributed by atoms with van der Waals surface area (Å²) in [5.41, 5.74) is 0. The van der Waals surface area contributed by atoms with Gasteiger partial charge >= 0.3 is 5.97 Å². The fourth-order valence-electron chi connectivity index (χ4n) is 1.47. The van der Waals surface area contributed by atoms with E-state index in [1.807, 2.05) is 6.92 Å². The molecular weight excluding hydrogens is 288 g/mol. The van der Waals surface area contributed by atoms with Crippen molar-refractivity contribution in [3.05, 3.63) is 11.2 Å². The lowest BCUT2D eigenvalue weighted by Crippen LogP contribution is -2.36. The minimum absolute atomic E-state index is 0.155. The summed E-state index contributed by atoms with van der Waals surface area (Å²) in [4.78, 5) is 15.4. The zero-order chi connectivity index (χ0) is 14.5. The van der Waals surface area contributed by atoms with E-state index in [2.05, 4.69) is 4.98 Å². The lowest BCUT2D eigenvalue weighted by Gasteiger charge is -2.19. The quantitative estimate of drug-likeness (QED) is 0.712. The van der Waals surface area contributed by atoms with Gasteiger partial charge < -0.3 is 4.74 Å². The third-order valence-corrected chi connectivity index (χ3v) is 5.47. The van der Waals surface area contributed by atoms with E-state index >= 15 is 0 Å². The molecule has 8 heteroatoms. The van der Waals surface area contributed by atoms with Crippen molar-refractivity contribution in [3.8, 4) is 0 Å². The average molecular weight is 306 g/mol. The van der Waals surface area contributed by atoms with Crippen LogP contribution in [0.25, 0.3) is 0 Å². The minimum atomic E-state index is -3.67. The maximum Gasteiger partial charge on any atom is 0.321 e. The number of nitrogens with zero attached hydrogens (tertiary/aromatic N) is 2. The molecule has 1 rings (SSSR count). The second kappa shape index (κ2) is 6.97. The lowest BCUT2D eigenvalue weighted by atomic mass is 10.5. The number of ether oxygens (including phenoxy) is 1. The number of aryl methyl sites for hydroxylation is 1. The molecule has 0 atom stereocenters. The molecule has 0 saturated carbocycles. The molecule has 0 aliphatic heterocycles. The molecule has 0 fully saturated rings. The molecule has 1 aromatic heterocycles. The molecule has 0 aromatic carbocycles. The first kappa shape index (κ1) is 16.1. The summed E-state index contributed by atoms with van der Waals surface area (Å²) in [6.07, 6.45) is 1.94. The van der Waals surface area contributed by atoms with Gasteiger partial charge in [-0.25, -0.2) is 13.4 Å². The molecule has 19 heavy (non-hydrogen) atoms. The summed E-state index contributed by atoms with van der Waals surface area (Å²) in [5, 5.41) is 0.672. The first-order chi connectivity index (χ1) is 8.91. The number of thiazole rings is 1. The van der Waals surface area contributed by atoms with E-state index in [4.69, 9.17) is 4.74 Å². The number of carbonyl (C=O) groups is 1. The molecule has 108 valence electrons. The van der Waals surface area contributed by atoms with Crippen molar-refractivity contribution in [1.82, 2.24) is 9.29 Å². The summed E-state index contributed by atoms with van der Waals surface area (Å²) < 4.78 is 30.8. The highest BCUT2D eigenvalue weighted by Gasteiger charge is 2.28. The molecule has 0 aliphatic carbocycles. The first-order valence-electron chi connectivity index (χ1n) is 6.00. The van der Waals surface area contributed by atoms with Gasteiger partial charge in [0.1, 0.15) is 6.54 Å². The van der Waals surface area contributed by atoms with Crippen molar-refractivity contribution in [2.75, 3.05) is 19.7 Å². The number of rotatable bonds is 7. The van der Waals surface area contributed by atoms with Gasteiger partial charge in [0.25, 0.3) is 10.0 Å². The maximum atomic E-state index is 12.4. The Balaban J connectivity index is 2.94. The van der Waals surface area contributed by atoms with Crippen molar-refractivity contribution < 1.29 is 17.9 Å². The number of esters is 1. The van der Waals surface area contributed by atoms with Gasteiger partial charge in [0.15, 0.2) is 4.21 Å². The normalized spacial score (nSPS) is 11.8. The summed E-state index contributed by atoms with van der Waals surface area (Å²) in [5.74, 6) is -0.541. The third-order valence-electron chi connectivity index (χ3n) is 2.28. The molecular formula is C11H18N2O4S2.